The molecule has 2 heterocycles. The first kappa shape index (κ1) is 29.9. The Balaban J connectivity index is 2.06. The van der Waals surface area contributed by atoms with E-state index >= 15 is 0 Å². The van der Waals surface area contributed by atoms with E-state index < -0.39 is 48.0 Å². The molecule has 2 aliphatic heterocycles. The van der Waals surface area contributed by atoms with E-state index in [1.54, 1.807) is 26.2 Å². The molecule has 0 saturated carbocycles. The van der Waals surface area contributed by atoms with Gasteiger partial charge in [-0.05, 0) is 31.8 Å². The van der Waals surface area contributed by atoms with Crippen molar-refractivity contribution in [3.8, 4) is 0 Å². The van der Waals surface area contributed by atoms with E-state index in [-0.39, 0.29) is 40.9 Å². The third-order valence-corrected chi connectivity index (χ3v) is 6.92. The molecule has 6 atom stereocenters. The average molecular weight is 545 g/mol. The molecule has 0 aromatic carbocycles. The molecule has 3 aliphatic rings. The van der Waals surface area contributed by atoms with Crippen LogP contribution in [0.3, 0.4) is 0 Å². The zero-order valence-electron chi connectivity index (χ0n) is 23.0. The highest BCUT2D eigenvalue weighted by atomic mass is 16.6. The van der Waals surface area contributed by atoms with E-state index in [9.17, 15) is 19.2 Å². The lowest BCUT2D eigenvalue weighted by Gasteiger charge is -2.30. The number of carbonyl (C=O) groups is 4. The average Bonchev–Trinajstić information content (AvgIpc) is 3.27. The van der Waals surface area contributed by atoms with Gasteiger partial charge in [-0.1, -0.05) is 32.1 Å². The van der Waals surface area contributed by atoms with Crippen molar-refractivity contribution in [1.29, 1.82) is 0 Å². The summed E-state index contributed by atoms with van der Waals surface area (Å²) < 4.78 is 28.3. The summed E-state index contributed by atoms with van der Waals surface area (Å²) in [4.78, 5) is 50.7. The van der Waals surface area contributed by atoms with Crippen LogP contribution in [0.15, 0.2) is 58.7 Å². The van der Waals surface area contributed by atoms with Gasteiger partial charge in [0.1, 0.15) is 18.0 Å². The minimum Gasteiger partial charge on any atom is -0.492 e. The minimum atomic E-state index is -0.998. The van der Waals surface area contributed by atoms with Gasteiger partial charge in [-0.3, -0.25) is 14.4 Å². The van der Waals surface area contributed by atoms with Gasteiger partial charge in [0.25, 0.3) is 5.91 Å². The molecule has 4 bridgehead atoms. The van der Waals surface area contributed by atoms with E-state index in [1.807, 2.05) is 19.9 Å². The summed E-state index contributed by atoms with van der Waals surface area (Å²) in [6, 6.07) is 0. The molecular formula is C28H36N2O9. The van der Waals surface area contributed by atoms with Gasteiger partial charge in [-0.2, -0.15) is 0 Å². The van der Waals surface area contributed by atoms with Crippen LogP contribution < -0.4 is 11.1 Å². The Morgan fingerprint density at radius 3 is 2.46 bits per heavy atom. The number of allylic oxidation sites excluding steroid dienone is 4. The largest absolute Gasteiger partial charge is 0.492 e. The highest BCUT2D eigenvalue weighted by molar-refractivity contribution is 6.23. The summed E-state index contributed by atoms with van der Waals surface area (Å²) in [6.45, 7) is 5.42. The Kier molecular flexibility index (Phi) is 9.87. The first-order valence-electron chi connectivity index (χ1n) is 12.6. The Morgan fingerprint density at radius 2 is 1.85 bits per heavy atom. The number of primary amides is 1. The second kappa shape index (κ2) is 12.9. The molecule has 0 saturated heterocycles. The zero-order valence-corrected chi connectivity index (χ0v) is 23.0. The number of hydrogen-bond donors (Lipinski definition) is 2. The van der Waals surface area contributed by atoms with Gasteiger partial charge in [0.2, 0.25) is 11.6 Å². The Hall–Kier alpha value is -3.70. The van der Waals surface area contributed by atoms with Crippen LogP contribution in [0.2, 0.25) is 0 Å². The van der Waals surface area contributed by atoms with Crippen LogP contribution >= 0.6 is 0 Å². The fourth-order valence-electron chi connectivity index (χ4n) is 4.93. The second-order valence-electron chi connectivity index (χ2n) is 9.84. The summed E-state index contributed by atoms with van der Waals surface area (Å²) in [5, 5.41) is 2.54. The molecule has 2 amide bonds. The first-order chi connectivity index (χ1) is 18.5. The van der Waals surface area contributed by atoms with Crippen LogP contribution in [0.4, 0.5) is 4.79 Å². The maximum atomic E-state index is 13.3. The predicted octanol–water partition coefficient (Wildman–Crippen LogP) is 2.38. The van der Waals surface area contributed by atoms with Crippen molar-refractivity contribution in [2.75, 3.05) is 21.3 Å². The van der Waals surface area contributed by atoms with E-state index in [0.717, 1.165) is 6.08 Å². The summed E-state index contributed by atoms with van der Waals surface area (Å²) in [7, 11) is 4.34. The number of ketones is 2. The molecule has 3 rings (SSSR count). The minimum absolute atomic E-state index is 0.0464. The van der Waals surface area contributed by atoms with Gasteiger partial charge in [0, 0.05) is 37.4 Å². The number of carbonyl (C=O) groups excluding carboxylic acids is 4. The molecule has 0 unspecified atom stereocenters. The molecular weight excluding hydrogens is 508 g/mol. The van der Waals surface area contributed by atoms with Gasteiger partial charge in [0.15, 0.2) is 11.9 Å². The topological polar surface area (TPSA) is 152 Å². The maximum Gasteiger partial charge on any atom is 0.405 e. The van der Waals surface area contributed by atoms with E-state index in [2.05, 4.69) is 5.32 Å². The Bertz CT molecular complexity index is 1160. The SMILES string of the molecule is COC1=C2C[C@@H](C)C[C@H](OC)[C@H]3OC(=C[C@@H]3C)[C@H](OC(N)=O)[C@@H](OC)/C=C\C=C(/C)C(=O)NC(=CC1=O)C2=O. The standard InChI is InChI=1S/C28H36N2O9/c1-14-10-17-23(32)18(13-19(31)25(17)37-6)30-27(33)15(2)8-7-9-20(35-4)26(39-28(29)34)22-12-16(3)24(38-22)21(11-14)36-5/h7-9,12-14,16,20-21,24,26H,10-11H2,1-6H3,(H2,29,34)(H,30,33)/b9-7-,15-8+/t14-,16+,20+,21+,24+,26-/m1/s1. The molecule has 1 aliphatic carbocycles. The summed E-state index contributed by atoms with van der Waals surface area (Å²) in [5.41, 5.74) is 5.66. The number of ether oxygens (including phenoxy) is 5. The van der Waals surface area contributed by atoms with Crippen molar-refractivity contribution >= 4 is 23.6 Å². The summed E-state index contributed by atoms with van der Waals surface area (Å²) >= 11 is 0. The highest BCUT2D eigenvalue weighted by Gasteiger charge is 2.40. The number of nitrogens with one attached hydrogen (secondary N) is 1. The molecule has 0 fully saturated rings. The molecule has 0 aromatic rings. The molecule has 11 heteroatoms. The molecule has 39 heavy (non-hydrogen) atoms. The van der Waals surface area contributed by atoms with Crippen LogP contribution in [-0.4, -0.2) is 69.3 Å². The quantitative estimate of drug-likeness (QED) is 0.508. The van der Waals surface area contributed by atoms with Crippen LogP contribution in [0.1, 0.15) is 33.6 Å². The first-order valence-corrected chi connectivity index (χ1v) is 12.6. The number of amides is 2. The van der Waals surface area contributed by atoms with Gasteiger partial charge in [-0.15, -0.1) is 0 Å². The normalized spacial score (nSPS) is 32.5. The second-order valence-corrected chi connectivity index (χ2v) is 9.84. The third-order valence-electron chi connectivity index (χ3n) is 6.92. The van der Waals surface area contributed by atoms with Crippen molar-refractivity contribution < 1.29 is 42.9 Å². The number of hydrogen-bond acceptors (Lipinski definition) is 9. The fourth-order valence-corrected chi connectivity index (χ4v) is 4.93. The van der Waals surface area contributed by atoms with Crippen LogP contribution in [0.25, 0.3) is 0 Å². The fraction of sp³-hybridized carbons (Fsp3) is 0.500. The van der Waals surface area contributed by atoms with Crippen LogP contribution in [-0.2, 0) is 38.1 Å². The van der Waals surface area contributed by atoms with Crippen molar-refractivity contribution in [1.82, 2.24) is 5.32 Å². The molecule has 212 valence electrons. The van der Waals surface area contributed by atoms with Crippen LogP contribution in [0, 0.1) is 11.8 Å². The van der Waals surface area contributed by atoms with E-state index in [1.165, 1.54) is 20.3 Å². The van der Waals surface area contributed by atoms with Crippen molar-refractivity contribution in [2.24, 2.45) is 17.6 Å². The summed E-state index contributed by atoms with van der Waals surface area (Å²) in [6.07, 6.45) is 4.62. The van der Waals surface area contributed by atoms with Crippen molar-refractivity contribution in [2.45, 2.75) is 58.0 Å². The smallest absolute Gasteiger partial charge is 0.405 e. The number of rotatable bonds is 4. The maximum absolute atomic E-state index is 13.3. The predicted molar refractivity (Wildman–Crippen MR) is 140 cm³/mol. The van der Waals surface area contributed by atoms with E-state index in [4.69, 9.17) is 29.4 Å². The lowest BCUT2D eigenvalue weighted by Crippen LogP contribution is -2.38. The zero-order chi connectivity index (χ0) is 28.9. The molecule has 0 spiro atoms. The monoisotopic (exact) mass is 544 g/mol. The van der Waals surface area contributed by atoms with Crippen LogP contribution in [0.5, 0.6) is 0 Å². The van der Waals surface area contributed by atoms with Gasteiger partial charge in [0.05, 0.1) is 18.9 Å². The number of methoxy groups -OCH3 is 3. The lowest BCUT2D eigenvalue weighted by molar-refractivity contribution is -0.120. The van der Waals surface area contributed by atoms with Gasteiger partial charge in [-0.25, -0.2) is 4.79 Å². The molecule has 3 N–H and O–H groups in total. The number of Topliss-reactive ketones (excluding diaryl/α,β-unsaturated/α-hetero) is 1. The van der Waals surface area contributed by atoms with Gasteiger partial charge >= 0.3 is 6.09 Å². The molecule has 11 nitrogen and oxygen atoms in total. The summed E-state index contributed by atoms with van der Waals surface area (Å²) in [5.74, 6) is -1.50. The Morgan fingerprint density at radius 1 is 1.13 bits per heavy atom. The highest BCUT2D eigenvalue weighted by Crippen LogP contribution is 2.35. The van der Waals surface area contributed by atoms with Crippen molar-refractivity contribution in [3.63, 3.8) is 0 Å². The lowest BCUT2D eigenvalue weighted by atomic mass is 9.86. The van der Waals surface area contributed by atoms with Gasteiger partial charge < -0.3 is 34.7 Å². The Labute approximate surface area is 227 Å². The molecule has 0 aromatic heterocycles. The number of nitrogens with two attached hydrogens (primary N) is 1. The van der Waals surface area contributed by atoms with E-state index in [0.29, 0.717) is 12.2 Å². The third kappa shape index (κ3) is 6.85. The molecule has 0 radical (unpaired) electrons. The van der Waals surface area contributed by atoms with Crippen molar-refractivity contribution in [3.05, 3.63) is 58.7 Å². The number of fused-ring (bicyclic) bond motifs is 4.